The van der Waals surface area contributed by atoms with Crippen LogP contribution >= 0.6 is 0 Å². The molecule has 0 aliphatic carbocycles. The average Bonchev–Trinajstić information content (AvgIpc) is 3.15. The molecule has 2 aromatic carbocycles. The molecule has 2 aliphatic heterocycles. The van der Waals surface area contributed by atoms with Gasteiger partial charge in [-0.1, -0.05) is 66.6 Å². The minimum atomic E-state index is -1.05. The van der Waals surface area contributed by atoms with Gasteiger partial charge in [0.05, 0.1) is 6.54 Å². The van der Waals surface area contributed by atoms with Gasteiger partial charge in [-0.3, -0.25) is 19.3 Å². The fourth-order valence-electron chi connectivity index (χ4n) is 5.01. The molecule has 7 nitrogen and oxygen atoms in total. The molecule has 4 rings (SSSR count). The first-order valence-electron chi connectivity index (χ1n) is 11.9. The van der Waals surface area contributed by atoms with Gasteiger partial charge in [-0.2, -0.15) is 0 Å². The number of aryl methyl sites for hydroxylation is 1. The number of nitrogens with one attached hydrogen (secondary N) is 1. The van der Waals surface area contributed by atoms with E-state index in [-0.39, 0.29) is 18.4 Å². The highest BCUT2D eigenvalue weighted by Crippen LogP contribution is 2.37. The molecule has 0 radical (unpaired) electrons. The summed E-state index contributed by atoms with van der Waals surface area (Å²) in [5.74, 6) is 4.09. The summed E-state index contributed by atoms with van der Waals surface area (Å²) in [6, 6.07) is 17.9. The predicted molar refractivity (Wildman–Crippen MR) is 131 cm³/mol. The Morgan fingerprint density at radius 2 is 1.63 bits per heavy atom. The third-order valence-corrected chi connectivity index (χ3v) is 6.98. The first kappa shape index (κ1) is 24.2. The van der Waals surface area contributed by atoms with Crippen LogP contribution in [0.25, 0.3) is 0 Å². The molecule has 1 N–H and O–H groups in total. The van der Waals surface area contributed by atoms with Crippen molar-refractivity contribution in [1.29, 1.82) is 0 Å². The molecule has 7 heteroatoms. The fraction of sp³-hybridized carbons (Fsp3) is 0.357. The minimum absolute atomic E-state index is 0.0527. The zero-order valence-electron chi connectivity index (χ0n) is 19.8. The molecule has 180 valence electrons. The molecule has 2 aromatic rings. The van der Waals surface area contributed by atoms with Crippen LogP contribution in [0, 0.1) is 17.8 Å². The third kappa shape index (κ3) is 4.97. The van der Waals surface area contributed by atoms with Crippen LogP contribution in [0.4, 0.5) is 4.79 Å². The number of carbonyl (C=O) groups excluding carboxylic acids is 4. The first-order chi connectivity index (χ1) is 17.0. The molecule has 35 heavy (non-hydrogen) atoms. The Balaban J connectivity index is 1.51. The highest BCUT2D eigenvalue weighted by Gasteiger charge is 2.55. The summed E-state index contributed by atoms with van der Waals surface area (Å²) in [6.07, 6.45) is 2.12. The second-order valence-electron chi connectivity index (χ2n) is 8.97. The van der Waals surface area contributed by atoms with Crippen molar-refractivity contribution in [3.05, 3.63) is 71.8 Å². The van der Waals surface area contributed by atoms with E-state index in [4.69, 9.17) is 0 Å². The number of imide groups is 1. The summed E-state index contributed by atoms with van der Waals surface area (Å²) < 4.78 is 0. The normalized spacial score (nSPS) is 20.3. The van der Waals surface area contributed by atoms with E-state index in [1.807, 2.05) is 30.3 Å². The fourth-order valence-corrected chi connectivity index (χ4v) is 5.01. The number of piperidine rings is 1. The van der Waals surface area contributed by atoms with Crippen molar-refractivity contribution in [3.8, 4) is 11.8 Å². The zero-order chi connectivity index (χ0) is 24.8. The lowest BCUT2D eigenvalue weighted by Gasteiger charge is -2.40. The Morgan fingerprint density at radius 1 is 1.00 bits per heavy atom. The maximum absolute atomic E-state index is 13.6. The number of amides is 4. The highest BCUT2D eigenvalue weighted by atomic mass is 16.2. The first-order valence-corrected chi connectivity index (χ1v) is 11.9. The number of Topliss-reactive ketones (excluding diaryl/α,β-unsaturated/α-hetero) is 1. The van der Waals surface area contributed by atoms with Gasteiger partial charge in [-0.25, -0.2) is 4.79 Å². The Morgan fingerprint density at radius 3 is 2.26 bits per heavy atom. The van der Waals surface area contributed by atoms with Gasteiger partial charge in [0, 0.05) is 18.7 Å². The largest absolute Gasteiger partial charge is 0.336 e. The van der Waals surface area contributed by atoms with Gasteiger partial charge in [0.1, 0.15) is 5.54 Å². The molecule has 2 fully saturated rings. The van der Waals surface area contributed by atoms with Crippen molar-refractivity contribution in [2.75, 3.05) is 19.6 Å². The maximum Gasteiger partial charge on any atom is 0.325 e. The molecule has 0 saturated carbocycles. The molecule has 0 spiro atoms. The van der Waals surface area contributed by atoms with E-state index in [1.165, 1.54) is 4.90 Å². The van der Waals surface area contributed by atoms with Gasteiger partial charge in [0.25, 0.3) is 11.8 Å². The summed E-state index contributed by atoms with van der Waals surface area (Å²) in [5, 5.41) is 3.01. The van der Waals surface area contributed by atoms with Gasteiger partial charge < -0.3 is 10.2 Å². The second-order valence-corrected chi connectivity index (χ2v) is 8.97. The molecule has 1 atom stereocenters. The average molecular weight is 472 g/mol. The van der Waals surface area contributed by atoms with Crippen LogP contribution in [0.5, 0.6) is 0 Å². The van der Waals surface area contributed by atoms with Crippen LogP contribution in [0.2, 0.25) is 0 Å². The highest BCUT2D eigenvalue weighted by molar-refractivity contribution is 6.42. The van der Waals surface area contributed by atoms with E-state index in [1.54, 1.807) is 42.2 Å². The number of hydrogen-bond donors (Lipinski definition) is 1. The van der Waals surface area contributed by atoms with Crippen LogP contribution in [0.3, 0.4) is 0 Å². The lowest BCUT2D eigenvalue weighted by atomic mass is 9.74. The molecule has 2 aliphatic rings. The van der Waals surface area contributed by atoms with E-state index in [0.717, 1.165) is 5.56 Å². The molecule has 1 unspecified atom stereocenters. The van der Waals surface area contributed by atoms with Crippen molar-refractivity contribution >= 4 is 23.6 Å². The van der Waals surface area contributed by atoms with E-state index in [0.29, 0.717) is 44.3 Å². The standard InChI is InChI=1S/C28H29N3O4/c1-2-3-18-31-26(34)28(29-27(31)35,17-14-21-10-6-4-7-11-21)23-15-19-30(20-16-23)25(33)24(32)22-12-8-5-9-13-22/h4-13,23H,14-20H2,1H3,(H,29,35). The minimum Gasteiger partial charge on any atom is -0.336 e. The molecule has 0 bridgehead atoms. The lowest BCUT2D eigenvalue weighted by Crippen LogP contribution is -2.57. The van der Waals surface area contributed by atoms with Gasteiger partial charge in [-0.15, -0.1) is 5.92 Å². The summed E-state index contributed by atoms with van der Waals surface area (Å²) in [6.45, 7) is 2.43. The number of ketones is 1. The number of nitrogens with zero attached hydrogens (tertiary/aromatic N) is 2. The summed E-state index contributed by atoms with van der Waals surface area (Å²) in [5.41, 5.74) is 0.396. The number of hydrogen-bond acceptors (Lipinski definition) is 4. The molecule has 4 amide bonds. The molecule has 2 heterocycles. The van der Waals surface area contributed by atoms with Crippen LogP contribution in [-0.4, -0.2) is 58.6 Å². The summed E-state index contributed by atoms with van der Waals surface area (Å²) >= 11 is 0. The molecule has 0 aromatic heterocycles. The van der Waals surface area contributed by atoms with E-state index < -0.39 is 23.3 Å². The van der Waals surface area contributed by atoms with E-state index in [2.05, 4.69) is 17.2 Å². The van der Waals surface area contributed by atoms with Gasteiger partial charge >= 0.3 is 6.03 Å². The molecular weight excluding hydrogens is 442 g/mol. The van der Waals surface area contributed by atoms with Crippen LogP contribution < -0.4 is 5.32 Å². The maximum atomic E-state index is 13.6. The van der Waals surface area contributed by atoms with Gasteiger partial charge in [0.2, 0.25) is 5.78 Å². The van der Waals surface area contributed by atoms with Gasteiger partial charge in [-0.05, 0) is 44.1 Å². The Bertz CT molecular complexity index is 1160. The van der Waals surface area contributed by atoms with Crippen molar-refractivity contribution < 1.29 is 19.2 Å². The van der Waals surface area contributed by atoms with Gasteiger partial charge in [0.15, 0.2) is 0 Å². The quantitative estimate of drug-likeness (QED) is 0.291. The van der Waals surface area contributed by atoms with E-state index in [9.17, 15) is 19.2 Å². The van der Waals surface area contributed by atoms with Crippen LogP contribution in [0.15, 0.2) is 60.7 Å². The lowest BCUT2D eigenvalue weighted by molar-refractivity contribution is -0.134. The second kappa shape index (κ2) is 10.6. The summed E-state index contributed by atoms with van der Waals surface area (Å²) in [4.78, 5) is 54.6. The SMILES string of the molecule is CC#CCN1C(=O)NC(CCc2ccccc2)(C2CCN(C(=O)C(=O)c3ccccc3)CC2)C1=O. The van der Waals surface area contributed by atoms with Crippen molar-refractivity contribution in [1.82, 2.24) is 15.1 Å². The number of rotatable bonds is 7. The Hall–Kier alpha value is -3.92. The van der Waals surface area contributed by atoms with Crippen molar-refractivity contribution in [2.45, 2.75) is 38.1 Å². The smallest absolute Gasteiger partial charge is 0.325 e. The zero-order valence-corrected chi connectivity index (χ0v) is 19.8. The monoisotopic (exact) mass is 471 g/mol. The van der Waals surface area contributed by atoms with Crippen molar-refractivity contribution in [2.24, 2.45) is 5.92 Å². The number of urea groups is 1. The van der Waals surface area contributed by atoms with Crippen LogP contribution in [-0.2, 0) is 16.0 Å². The predicted octanol–water partition coefficient (Wildman–Crippen LogP) is 3.05. The summed E-state index contributed by atoms with van der Waals surface area (Å²) in [7, 11) is 0. The molecule has 2 saturated heterocycles. The third-order valence-electron chi connectivity index (χ3n) is 6.98. The van der Waals surface area contributed by atoms with Crippen molar-refractivity contribution in [3.63, 3.8) is 0 Å². The number of carbonyl (C=O) groups is 4. The Labute approximate surface area is 205 Å². The number of benzene rings is 2. The van der Waals surface area contributed by atoms with Crippen LogP contribution in [0.1, 0.15) is 42.1 Å². The number of likely N-dealkylation sites (tertiary alicyclic amines) is 1. The molecular formula is C28H29N3O4. The Kier molecular flexibility index (Phi) is 7.31. The topological polar surface area (TPSA) is 86.8 Å². The van der Waals surface area contributed by atoms with E-state index >= 15 is 0 Å².